The Kier molecular flexibility index (Phi) is 4.61. The van der Waals surface area contributed by atoms with Crippen molar-refractivity contribution >= 4 is 11.8 Å². The summed E-state index contributed by atoms with van der Waals surface area (Å²) in [6, 6.07) is 16.0. The molecule has 20 heavy (non-hydrogen) atoms. The van der Waals surface area contributed by atoms with Crippen LogP contribution in [0.2, 0.25) is 0 Å². The molecule has 0 heterocycles. The number of methoxy groups -OCH3 is 1. The number of rotatable bonds is 6. The smallest absolute Gasteiger partial charge is 0.124 e. The van der Waals surface area contributed by atoms with Crippen LogP contribution in [0.4, 0.5) is 5.69 Å². The molecule has 0 aliphatic carbocycles. The van der Waals surface area contributed by atoms with Gasteiger partial charge in [-0.2, -0.15) is 0 Å². The molecule has 1 unspecified atom stereocenters. The summed E-state index contributed by atoms with van der Waals surface area (Å²) in [4.78, 5) is 0. The second kappa shape index (κ2) is 6.62. The van der Waals surface area contributed by atoms with Gasteiger partial charge in [-0.15, -0.1) is 6.58 Å². The maximum absolute atomic E-state index is 5.41. The predicted octanol–water partition coefficient (Wildman–Crippen LogP) is 4.68. The van der Waals surface area contributed by atoms with Gasteiger partial charge in [-0.05, 0) is 17.7 Å². The van der Waals surface area contributed by atoms with E-state index in [0.29, 0.717) is 0 Å². The molecule has 2 nitrogen and oxygen atoms in total. The monoisotopic (exact) mass is 265 g/mol. The highest BCUT2D eigenvalue weighted by Crippen LogP contribution is 2.29. The largest absolute Gasteiger partial charge is 0.496 e. The molecule has 2 aromatic carbocycles. The summed E-state index contributed by atoms with van der Waals surface area (Å²) in [6.45, 7) is 7.76. The van der Waals surface area contributed by atoms with Gasteiger partial charge < -0.3 is 10.1 Å². The lowest BCUT2D eigenvalue weighted by Crippen LogP contribution is -2.10. The highest BCUT2D eigenvalue weighted by Gasteiger charge is 2.13. The van der Waals surface area contributed by atoms with Crippen LogP contribution in [-0.2, 0) is 0 Å². The van der Waals surface area contributed by atoms with E-state index < -0.39 is 0 Å². The number of para-hydroxylation sites is 2. The SMILES string of the molecule is C=Cc1ccccc1NC(C=C)c1ccccc1OC. The molecule has 1 atom stereocenters. The highest BCUT2D eigenvalue weighted by molar-refractivity contribution is 5.66. The van der Waals surface area contributed by atoms with Crippen LogP contribution >= 0.6 is 0 Å². The van der Waals surface area contributed by atoms with E-state index in [1.807, 2.05) is 60.7 Å². The van der Waals surface area contributed by atoms with Crippen LogP contribution in [0.25, 0.3) is 6.08 Å². The van der Waals surface area contributed by atoms with Gasteiger partial charge in [0.05, 0.1) is 13.2 Å². The molecule has 2 heteroatoms. The first kappa shape index (κ1) is 13.9. The summed E-state index contributed by atoms with van der Waals surface area (Å²) in [5.41, 5.74) is 3.15. The van der Waals surface area contributed by atoms with Crippen LogP contribution < -0.4 is 10.1 Å². The van der Waals surface area contributed by atoms with Gasteiger partial charge in [-0.1, -0.05) is 55.1 Å². The average molecular weight is 265 g/mol. The van der Waals surface area contributed by atoms with Crippen molar-refractivity contribution in [2.45, 2.75) is 6.04 Å². The molecule has 0 amide bonds. The number of hydrogen-bond acceptors (Lipinski definition) is 2. The van der Waals surface area contributed by atoms with Gasteiger partial charge in [-0.3, -0.25) is 0 Å². The fourth-order valence-corrected chi connectivity index (χ4v) is 2.16. The molecule has 0 saturated heterocycles. The molecule has 1 N–H and O–H groups in total. The summed E-state index contributed by atoms with van der Waals surface area (Å²) in [5.74, 6) is 0.848. The number of anilines is 1. The van der Waals surface area contributed by atoms with Gasteiger partial charge in [0.1, 0.15) is 5.75 Å². The Balaban J connectivity index is 2.34. The molecular weight excluding hydrogens is 246 g/mol. The Labute approximate surface area is 120 Å². The van der Waals surface area contributed by atoms with Crippen molar-refractivity contribution in [1.82, 2.24) is 0 Å². The van der Waals surface area contributed by atoms with Gasteiger partial charge in [0, 0.05) is 11.3 Å². The van der Waals surface area contributed by atoms with Crippen molar-refractivity contribution in [3.05, 3.63) is 78.9 Å². The van der Waals surface area contributed by atoms with Crippen molar-refractivity contribution in [2.75, 3.05) is 12.4 Å². The normalized spacial score (nSPS) is 11.4. The highest BCUT2D eigenvalue weighted by atomic mass is 16.5. The van der Waals surface area contributed by atoms with E-state index in [9.17, 15) is 0 Å². The van der Waals surface area contributed by atoms with Crippen LogP contribution in [0.3, 0.4) is 0 Å². The predicted molar refractivity (Wildman–Crippen MR) is 86.1 cm³/mol. The van der Waals surface area contributed by atoms with Gasteiger partial charge in [0.25, 0.3) is 0 Å². The molecule has 2 rings (SSSR count). The third-order valence-electron chi connectivity index (χ3n) is 3.20. The average Bonchev–Trinajstić information content (AvgIpc) is 2.53. The van der Waals surface area contributed by atoms with E-state index in [1.54, 1.807) is 7.11 Å². The van der Waals surface area contributed by atoms with Gasteiger partial charge >= 0.3 is 0 Å². The zero-order valence-corrected chi connectivity index (χ0v) is 11.7. The number of hydrogen-bond donors (Lipinski definition) is 1. The topological polar surface area (TPSA) is 21.3 Å². The fourth-order valence-electron chi connectivity index (χ4n) is 2.16. The summed E-state index contributed by atoms with van der Waals surface area (Å²) in [7, 11) is 1.68. The summed E-state index contributed by atoms with van der Waals surface area (Å²) in [5, 5.41) is 3.47. The lowest BCUT2D eigenvalue weighted by molar-refractivity contribution is 0.409. The maximum atomic E-state index is 5.41. The quantitative estimate of drug-likeness (QED) is 0.766. The Bertz CT molecular complexity index is 604. The van der Waals surface area contributed by atoms with E-state index in [-0.39, 0.29) is 6.04 Å². The molecule has 0 fully saturated rings. The van der Waals surface area contributed by atoms with Crippen LogP contribution in [0.5, 0.6) is 5.75 Å². The first-order valence-electron chi connectivity index (χ1n) is 6.53. The molecule has 0 aromatic heterocycles. The third-order valence-corrected chi connectivity index (χ3v) is 3.20. The lowest BCUT2D eigenvalue weighted by atomic mass is 10.0. The number of nitrogens with one attached hydrogen (secondary N) is 1. The van der Waals surface area contributed by atoms with E-state index >= 15 is 0 Å². The summed E-state index contributed by atoms with van der Waals surface area (Å²) >= 11 is 0. The Morgan fingerprint density at radius 3 is 2.45 bits per heavy atom. The third kappa shape index (κ3) is 2.91. The Morgan fingerprint density at radius 1 is 1.05 bits per heavy atom. The molecule has 102 valence electrons. The zero-order chi connectivity index (χ0) is 14.4. The first-order valence-corrected chi connectivity index (χ1v) is 6.53. The van der Waals surface area contributed by atoms with E-state index in [0.717, 1.165) is 22.6 Å². The molecular formula is C18H19NO. The van der Waals surface area contributed by atoms with Gasteiger partial charge in [0.15, 0.2) is 0 Å². The molecule has 0 aliphatic rings. The van der Waals surface area contributed by atoms with Crippen LogP contribution in [0, 0.1) is 0 Å². The second-order valence-corrected chi connectivity index (χ2v) is 4.39. The van der Waals surface area contributed by atoms with Crippen molar-refractivity contribution in [2.24, 2.45) is 0 Å². The molecule has 0 spiro atoms. The number of ether oxygens (including phenoxy) is 1. The van der Waals surface area contributed by atoms with Crippen molar-refractivity contribution in [1.29, 1.82) is 0 Å². The summed E-state index contributed by atoms with van der Waals surface area (Å²) < 4.78 is 5.41. The molecule has 0 bridgehead atoms. The minimum Gasteiger partial charge on any atom is -0.496 e. The first-order chi connectivity index (χ1) is 9.80. The van der Waals surface area contributed by atoms with Crippen molar-refractivity contribution in [3.63, 3.8) is 0 Å². The standard InChI is InChI=1S/C18H19NO/c1-4-14-10-6-8-12-17(14)19-16(5-2)15-11-7-9-13-18(15)20-3/h4-13,16,19H,1-2H2,3H3. The van der Waals surface area contributed by atoms with Crippen LogP contribution in [0.15, 0.2) is 67.8 Å². The van der Waals surface area contributed by atoms with E-state index in [2.05, 4.69) is 18.5 Å². The molecule has 2 aromatic rings. The van der Waals surface area contributed by atoms with Crippen molar-refractivity contribution < 1.29 is 4.74 Å². The minimum absolute atomic E-state index is 0.0211. The molecule has 0 radical (unpaired) electrons. The van der Waals surface area contributed by atoms with Crippen LogP contribution in [0.1, 0.15) is 17.2 Å². The Morgan fingerprint density at radius 2 is 1.75 bits per heavy atom. The summed E-state index contributed by atoms with van der Waals surface area (Å²) in [6.07, 6.45) is 3.71. The van der Waals surface area contributed by atoms with Gasteiger partial charge in [0.2, 0.25) is 0 Å². The Hall–Kier alpha value is -2.48. The number of benzene rings is 2. The minimum atomic E-state index is -0.0211. The molecule has 0 aliphatic heterocycles. The van der Waals surface area contributed by atoms with E-state index in [1.165, 1.54) is 0 Å². The van der Waals surface area contributed by atoms with Crippen LogP contribution in [-0.4, -0.2) is 7.11 Å². The fraction of sp³-hybridized carbons (Fsp3) is 0.111. The van der Waals surface area contributed by atoms with E-state index in [4.69, 9.17) is 4.74 Å². The lowest BCUT2D eigenvalue weighted by Gasteiger charge is -2.20. The molecule has 0 saturated carbocycles. The second-order valence-electron chi connectivity index (χ2n) is 4.39. The van der Waals surface area contributed by atoms with Crippen molar-refractivity contribution in [3.8, 4) is 5.75 Å². The van der Waals surface area contributed by atoms with Gasteiger partial charge in [-0.25, -0.2) is 0 Å². The maximum Gasteiger partial charge on any atom is 0.124 e. The zero-order valence-electron chi connectivity index (χ0n) is 11.7.